The Morgan fingerprint density at radius 2 is 2.11 bits per heavy atom. The van der Waals surface area contributed by atoms with Gasteiger partial charge in [-0.1, -0.05) is 0 Å². The molecule has 0 atom stereocenters. The van der Waals surface area contributed by atoms with Crippen molar-refractivity contribution in [3.05, 3.63) is 35.0 Å². The molecule has 0 aliphatic rings. The summed E-state index contributed by atoms with van der Waals surface area (Å²) in [5.74, 6) is -0.195. The minimum atomic E-state index is -0.962. The molecule has 2 aromatic rings. The van der Waals surface area contributed by atoms with Gasteiger partial charge >= 0.3 is 5.97 Å². The van der Waals surface area contributed by atoms with Gasteiger partial charge in [-0.3, -0.25) is 0 Å². The number of aliphatic carboxylic acids is 1. The van der Waals surface area contributed by atoms with Gasteiger partial charge in [-0.25, -0.2) is 4.79 Å². The average molecular weight is 245 g/mol. The second kappa shape index (κ2) is 4.56. The fourth-order valence-corrected chi connectivity index (χ4v) is 2.03. The van der Waals surface area contributed by atoms with Crippen LogP contribution in [0.1, 0.15) is 16.8 Å². The van der Waals surface area contributed by atoms with E-state index < -0.39 is 5.97 Å². The smallest absolute Gasteiger partial charge is 0.328 e. The molecule has 2 rings (SSSR count). The van der Waals surface area contributed by atoms with Crippen molar-refractivity contribution in [1.29, 1.82) is 0 Å². The van der Waals surface area contributed by atoms with Crippen LogP contribution in [0.25, 0.3) is 17.0 Å². The number of aryl methyl sites for hydroxylation is 2. The number of aromatic nitrogens is 1. The maximum absolute atomic E-state index is 10.6. The number of rotatable bonds is 3. The summed E-state index contributed by atoms with van der Waals surface area (Å²) >= 11 is 0. The van der Waals surface area contributed by atoms with E-state index in [-0.39, 0.29) is 0 Å². The summed E-state index contributed by atoms with van der Waals surface area (Å²) in [6.45, 7) is 3.96. The van der Waals surface area contributed by atoms with Crippen molar-refractivity contribution >= 4 is 22.9 Å². The summed E-state index contributed by atoms with van der Waals surface area (Å²) in [4.78, 5) is 13.7. The summed E-state index contributed by atoms with van der Waals surface area (Å²) in [6.07, 6.45) is 2.68. The van der Waals surface area contributed by atoms with Gasteiger partial charge in [0.2, 0.25) is 0 Å². The van der Waals surface area contributed by atoms with E-state index in [1.807, 2.05) is 19.9 Å². The predicted octanol–water partition coefficient (Wildman–Crippen LogP) is 2.89. The van der Waals surface area contributed by atoms with Crippen LogP contribution in [-0.4, -0.2) is 23.2 Å². The van der Waals surface area contributed by atoms with Crippen LogP contribution >= 0.6 is 0 Å². The van der Waals surface area contributed by atoms with Crippen LogP contribution < -0.4 is 4.74 Å². The number of aromatic amines is 1. The van der Waals surface area contributed by atoms with Gasteiger partial charge in [-0.2, -0.15) is 0 Å². The molecular weight excluding hydrogens is 230 g/mol. The molecule has 4 nitrogen and oxygen atoms in total. The lowest BCUT2D eigenvalue weighted by atomic mass is 10.1. The van der Waals surface area contributed by atoms with Gasteiger partial charge in [0.15, 0.2) is 0 Å². The Labute approximate surface area is 105 Å². The minimum Gasteiger partial charge on any atom is -0.495 e. The van der Waals surface area contributed by atoms with E-state index in [1.54, 1.807) is 13.2 Å². The molecule has 0 aliphatic carbocycles. The highest BCUT2D eigenvalue weighted by Crippen LogP contribution is 2.31. The number of methoxy groups -OCH3 is 1. The van der Waals surface area contributed by atoms with Crippen LogP contribution in [0.2, 0.25) is 0 Å². The van der Waals surface area contributed by atoms with Gasteiger partial charge in [-0.05, 0) is 43.2 Å². The van der Waals surface area contributed by atoms with Crippen molar-refractivity contribution in [2.45, 2.75) is 13.8 Å². The van der Waals surface area contributed by atoms with Gasteiger partial charge in [0.1, 0.15) is 5.75 Å². The molecule has 0 radical (unpaired) electrons. The van der Waals surface area contributed by atoms with Crippen molar-refractivity contribution < 1.29 is 14.6 Å². The van der Waals surface area contributed by atoms with E-state index in [0.717, 1.165) is 39.5 Å². The molecule has 0 bridgehead atoms. The van der Waals surface area contributed by atoms with E-state index in [1.165, 1.54) is 0 Å². The standard InChI is InChI=1S/C14H15NO3/c1-8-6-10-9(2)11(4-5-13(16)17)15-14(10)12(7-8)18-3/h4-7,15H,1-3H3,(H,16,17)/b5-4+. The number of ether oxygens (including phenoxy) is 1. The van der Waals surface area contributed by atoms with Crippen LogP contribution in [0, 0.1) is 13.8 Å². The number of H-pyrrole nitrogens is 1. The highest BCUT2D eigenvalue weighted by Gasteiger charge is 2.10. The normalized spacial score (nSPS) is 11.3. The highest BCUT2D eigenvalue weighted by atomic mass is 16.5. The zero-order valence-electron chi connectivity index (χ0n) is 10.6. The Morgan fingerprint density at radius 1 is 1.39 bits per heavy atom. The molecule has 0 saturated carbocycles. The van der Waals surface area contributed by atoms with Crippen molar-refractivity contribution in [1.82, 2.24) is 4.98 Å². The summed E-state index contributed by atoms with van der Waals surface area (Å²) in [5, 5.41) is 9.71. The summed E-state index contributed by atoms with van der Waals surface area (Å²) in [6, 6.07) is 4.00. The Kier molecular flexibility index (Phi) is 3.10. The van der Waals surface area contributed by atoms with Crippen molar-refractivity contribution in [2.75, 3.05) is 7.11 Å². The Morgan fingerprint density at radius 3 is 2.72 bits per heavy atom. The number of carboxylic acids is 1. The van der Waals surface area contributed by atoms with Crippen molar-refractivity contribution in [3.8, 4) is 5.75 Å². The first-order valence-corrected chi connectivity index (χ1v) is 5.61. The van der Waals surface area contributed by atoms with E-state index in [4.69, 9.17) is 9.84 Å². The largest absolute Gasteiger partial charge is 0.495 e. The van der Waals surface area contributed by atoms with Crippen LogP contribution in [0.4, 0.5) is 0 Å². The predicted molar refractivity (Wildman–Crippen MR) is 71.0 cm³/mol. The Hall–Kier alpha value is -2.23. The lowest BCUT2D eigenvalue weighted by Gasteiger charge is -2.03. The molecule has 0 spiro atoms. The molecule has 0 fully saturated rings. The molecule has 0 unspecified atom stereocenters. The average Bonchev–Trinajstić information content (AvgIpc) is 2.63. The third-order valence-corrected chi connectivity index (χ3v) is 2.93. The Balaban J connectivity index is 2.65. The summed E-state index contributed by atoms with van der Waals surface area (Å²) < 4.78 is 5.33. The molecule has 1 aromatic carbocycles. The Bertz CT molecular complexity index is 638. The molecule has 1 aromatic heterocycles. The zero-order chi connectivity index (χ0) is 13.3. The third kappa shape index (κ3) is 2.09. The molecular formula is C14H15NO3. The number of hydrogen-bond donors (Lipinski definition) is 2. The van der Waals surface area contributed by atoms with Crippen LogP contribution in [0.5, 0.6) is 5.75 Å². The molecule has 0 saturated heterocycles. The van der Waals surface area contributed by atoms with E-state index in [2.05, 4.69) is 11.1 Å². The van der Waals surface area contributed by atoms with Crippen molar-refractivity contribution in [2.24, 2.45) is 0 Å². The van der Waals surface area contributed by atoms with Gasteiger partial charge in [-0.15, -0.1) is 0 Å². The quantitative estimate of drug-likeness (QED) is 0.817. The number of carbonyl (C=O) groups is 1. The molecule has 4 heteroatoms. The molecule has 1 heterocycles. The number of benzene rings is 1. The summed E-state index contributed by atoms with van der Waals surface area (Å²) in [5.41, 5.74) is 3.81. The second-order valence-electron chi connectivity index (χ2n) is 4.22. The minimum absolute atomic E-state index is 0.767. The SMILES string of the molecule is COc1cc(C)cc2c(C)c(/C=C/C(=O)O)[nH]c12. The second-order valence-corrected chi connectivity index (χ2v) is 4.22. The van der Waals surface area contributed by atoms with Crippen molar-refractivity contribution in [3.63, 3.8) is 0 Å². The lowest BCUT2D eigenvalue weighted by molar-refractivity contribution is -0.131. The highest BCUT2D eigenvalue weighted by molar-refractivity contribution is 5.93. The fraction of sp³-hybridized carbons (Fsp3) is 0.214. The van der Waals surface area contributed by atoms with E-state index >= 15 is 0 Å². The zero-order valence-corrected chi connectivity index (χ0v) is 10.6. The van der Waals surface area contributed by atoms with Gasteiger partial charge in [0.25, 0.3) is 0 Å². The van der Waals surface area contributed by atoms with Gasteiger partial charge in [0.05, 0.1) is 12.6 Å². The molecule has 0 aliphatic heterocycles. The lowest BCUT2D eigenvalue weighted by Crippen LogP contribution is -1.86. The van der Waals surface area contributed by atoms with Crippen LogP contribution in [0.15, 0.2) is 18.2 Å². The number of hydrogen-bond acceptors (Lipinski definition) is 2. The first kappa shape index (κ1) is 12.2. The topological polar surface area (TPSA) is 62.3 Å². The van der Waals surface area contributed by atoms with Gasteiger partial charge < -0.3 is 14.8 Å². The number of nitrogens with one attached hydrogen (secondary N) is 1. The van der Waals surface area contributed by atoms with Gasteiger partial charge in [0, 0.05) is 17.2 Å². The maximum Gasteiger partial charge on any atom is 0.328 e. The maximum atomic E-state index is 10.6. The molecule has 2 N–H and O–H groups in total. The summed E-state index contributed by atoms with van der Waals surface area (Å²) in [7, 11) is 1.62. The third-order valence-electron chi connectivity index (χ3n) is 2.93. The number of carboxylic acid groups (broad SMARTS) is 1. The molecule has 0 amide bonds. The van der Waals surface area contributed by atoms with Crippen LogP contribution in [0.3, 0.4) is 0 Å². The number of fused-ring (bicyclic) bond motifs is 1. The first-order valence-electron chi connectivity index (χ1n) is 5.61. The van der Waals surface area contributed by atoms with E-state index in [9.17, 15) is 4.79 Å². The molecule has 18 heavy (non-hydrogen) atoms. The van der Waals surface area contributed by atoms with Crippen LogP contribution in [-0.2, 0) is 4.79 Å². The van der Waals surface area contributed by atoms with E-state index in [0.29, 0.717) is 0 Å². The fourth-order valence-electron chi connectivity index (χ4n) is 2.03. The monoisotopic (exact) mass is 245 g/mol. The first-order chi connectivity index (χ1) is 8.52. The molecule has 94 valence electrons.